The molecule has 0 aliphatic carbocycles. The number of para-hydroxylation sites is 2. The number of methoxy groups -OCH3 is 1. The highest BCUT2D eigenvalue weighted by molar-refractivity contribution is 6.39. The fourth-order valence-electron chi connectivity index (χ4n) is 2.70. The van der Waals surface area contributed by atoms with Crippen molar-refractivity contribution >= 4 is 51.9 Å². The smallest absolute Gasteiger partial charge is 0.345 e. The van der Waals surface area contributed by atoms with E-state index in [1.165, 1.54) is 13.3 Å². The average molecular weight is 415 g/mol. The normalized spacial score (nSPS) is 10.8. The van der Waals surface area contributed by atoms with Crippen LogP contribution in [0.5, 0.6) is 0 Å². The number of halogens is 2. The summed E-state index contributed by atoms with van der Waals surface area (Å²) < 4.78 is 10.2. The van der Waals surface area contributed by atoms with Crippen LogP contribution in [0.15, 0.2) is 53.2 Å². The largest absolute Gasteiger partial charge is 0.465 e. The Morgan fingerprint density at radius 2 is 1.79 bits per heavy atom. The fourth-order valence-corrected chi connectivity index (χ4v) is 3.27. The van der Waals surface area contributed by atoms with Crippen molar-refractivity contribution in [3.63, 3.8) is 0 Å². The first kappa shape index (κ1) is 18.2. The number of nitrogens with one attached hydrogen (secondary N) is 1. The molecule has 4 aromatic rings. The molecule has 0 amide bonds. The second-order valence-corrected chi connectivity index (χ2v) is 6.51. The van der Waals surface area contributed by atoms with Crippen LogP contribution >= 0.6 is 23.2 Å². The van der Waals surface area contributed by atoms with E-state index in [9.17, 15) is 4.79 Å². The van der Waals surface area contributed by atoms with Gasteiger partial charge in [-0.25, -0.2) is 9.78 Å². The van der Waals surface area contributed by atoms with Gasteiger partial charge in [-0.2, -0.15) is 0 Å². The monoisotopic (exact) mass is 414 g/mol. The zero-order valence-electron chi connectivity index (χ0n) is 14.4. The number of fused-ring (bicyclic) bond motifs is 1. The Bertz CT molecular complexity index is 1170. The lowest BCUT2D eigenvalue weighted by Crippen LogP contribution is -2.06. The molecule has 28 heavy (non-hydrogen) atoms. The molecule has 0 aliphatic rings. The lowest BCUT2D eigenvalue weighted by Gasteiger charge is -2.07. The number of anilines is 2. The maximum atomic E-state index is 12.4. The van der Waals surface area contributed by atoms with Crippen LogP contribution in [-0.2, 0) is 4.74 Å². The summed E-state index contributed by atoms with van der Waals surface area (Å²) in [6.07, 6.45) is 1.52. The van der Waals surface area contributed by atoms with Crippen molar-refractivity contribution in [3.05, 3.63) is 64.3 Å². The van der Waals surface area contributed by atoms with Gasteiger partial charge in [-0.3, -0.25) is 4.98 Å². The number of carbonyl (C=O) groups excluding carboxylic acids is 1. The summed E-state index contributed by atoms with van der Waals surface area (Å²) in [7, 11) is 1.26. The van der Waals surface area contributed by atoms with Gasteiger partial charge in [0.1, 0.15) is 5.69 Å². The summed E-state index contributed by atoms with van der Waals surface area (Å²) in [5.41, 5.74) is 2.00. The number of hydrogen-bond donors (Lipinski definition) is 1. The molecule has 2 aromatic carbocycles. The van der Waals surface area contributed by atoms with Crippen molar-refractivity contribution in [2.75, 3.05) is 12.4 Å². The molecule has 0 radical (unpaired) electrons. The molecule has 9 heteroatoms. The van der Waals surface area contributed by atoms with Gasteiger partial charge in [-0.1, -0.05) is 46.6 Å². The summed E-state index contributed by atoms with van der Waals surface area (Å²) in [4.78, 5) is 21.2. The number of aromatic nitrogens is 3. The standard InChI is InChI=1S/C19H12Cl2N4O3/c1-27-19(26)16-17(15-10(20)5-4-6-11(15)21)25-28-18(16)24-14-9-22-12-7-2-3-8-13(12)23-14/h2-9H,1H3,(H,23,24). The zero-order chi connectivity index (χ0) is 19.7. The predicted molar refractivity (Wildman–Crippen MR) is 106 cm³/mol. The summed E-state index contributed by atoms with van der Waals surface area (Å²) in [5, 5.41) is 7.54. The van der Waals surface area contributed by atoms with E-state index in [4.69, 9.17) is 32.5 Å². The van der Waals surface area contributed by atoms with E-state index < -0.39 is 5.97 Å². The van der Waals surface area contributed by atoms with Crippen LogP contribution in [0.3, 0.4) is 0 Å². The van der Waals surface area contributed by atoms with Gasteiger partial charge >= 0.3 is 5.97 Å². The minimum Gasteiger partial charge on any atom is -0.465 e. The minimum atomic E-state index is -0.663. The molecular weight excluding hydrogens is 403 g/mol. The number of benzene rings is 2. The number of nitrogens with zero attached hydrogens (tertiary/aromatic N) is 3. The van der Waals surface area contributed by atoms with Gasteiger partial charge in [0.2, 0.25) is 5.88 Å². The molecular formula is C19H12Cl2N4O3. The van der Waals surface area contributed by atoms with Crippen LogP contribution in [0.25, 0.3) is 22.3 Å². The highest BCUT2D eigenvalue weighted by Gasteiger charge is 2.28. The summed E-state index contributed by atoms with van der Waals surface area (Å²) in [6, 6.07) is 12.4. The number of esters is 1. The Morgan fingerprint density at radius 3 is 2.50 bits per heavy atom. The van der Waals surface area contributed by atoms with Crippen LogP contribution in [0.4, 0.5) is 11.7 Å². The first-order valence-electron chi connectivity index (χ1n) is 8.09. The molecule has 0 saturated carbocycles. The predicted octanol–water partition coefficient (Wildman–Crippen LogP) is 5.12. The number of rotatable bonds is 4. The van der Waals surface area contributed by atoms with Crippen molar-refractivity contribution < 1.29 is 14.1 Å². The van der Waals surface area contributed by atoms with E-state index in [1.54, 1.807) is 18.2 Å². The Kier molecular flexibility index (Phi) is 4.85. The van der Waals surface area contributed by atoms with Gasteiger partial charge < -0.3 is 14.6 Å². The Labute approximate surface area is 169 Å². The van der Waals surface area contributed by atoms with Gasteiger partial charge in [0.05, 0.1) is 34.4 Å². The third-order valence-electron chi connectivity index (χ3n) is 3.97. The third-order valence-corrected chi connectivity index (χ3v) is 4.60. The second kappa shape index (κ2) is 7.46. The van der Waals surface area contributed by atoms with E-state index in [0.717, 1.165) is 5.52 Å². The van der Waals surface area contributed by atoms with Gasteiger partial charge in [0.15, 0.2) is 11.4 Å². The summed E-state index contributed by atoms with van der Waals surface area (Å²) in [6.45, 7) is 0. The molecule has 0 aliphatic heterocycles. The summed E-state index contributed by atoms with van der Waals surface area (Å²) in [5.74, 6) is -0.247. The first-order valence-corrected chi connectivity index (χ1v) is 8.85. The maximum Gasteiger partial charge on any atom is 0.345 e. The van der Waals surface area contributed by atoms with E-state index in [2.05, 4.69) is 20.4 Å². The molecule has 140 valence electrons. The molecule has 1 N–H and O–H groups in total. The third kappa shape index (κ3) is 3.26. The molecule has 0 atom stereocenters. The van der Waals surface area contributed by atoms with Gasteiger partial charge in [-0.15, -0.1) is 0 Å². The molecule has 0 fully saturated rings. The van der Waals surface area contributed by atoms with Gasteiger partial charge in [0.25, 0.3) is 0 Å². The molecule has 0 bridgehead atoms. The molecule has 7 nitrogen and oxygen atoms in total. The molecule has 0 saturated heterocycles. The van der Waals surface area contributed by atoms with E-state index in [1.807, 2.05) is 24.3 Å². The van der Waals surface area contributed by atoms with Crippen molar-refractivity contribution in [1.82, 2.24) is 15.1 Å². The first-order chi connectivity index (χ1) is 13.6. The van der Waals surface area contributed by atoms with Crippen LogP contribution in [-0.4, -0.2) is 28.2 Å². The highest BCUT2D eigenvalue weighted by Crippen LogP contribution is 2.39. The number of hydrogen-bond acceptors (Lipinski definition) is 7. The van der Waals surface area contributed by atoms with Crippen LogP contribution in [0.2, 0.25) is 10.0 Å². The van der Waals surface area contributed by atoms with Crippen molar-refractivity contribution in [2.45, 2.75) is 0 Å². The van der Waals surface area contributed by atoms with E-state index in [0.29, 0.717) is 26.9 Å². The number of ether oxygens (including phenoxy) is 1. The Hall–Kier alpha value is -3.16. The van der Waals surface area contributed by atoms with Crippen molar-refractivity contribution in [2.24, 2.45) is 0 Å². The van der Waals surface area contributed by atoms with Crippen LogP contribution in [0, 0.1) is 0 Å². The zero-order valence-corrected chi connectivity index (χ0v) is 16.0. The van der Waals surface area contributed by atoms with Gasteiger partial charge in [0, 0.05) is 5.56 Å². The fraction of sp³-hybridized carbons (Fsp3) is 0.0526. The van der Waals surface area contributed by atoms with E-state index in [-0.39, 0.29) is 17.1 Å². The summed E-state index contributed by atoms with van der Waals surface area (Å²) >= 11 is 12.5. The average Bonchev–Trinajstić information content (AvgIpc) is 3.10. The molecule has 4 rings (SSSR count). The van der Waals surface area contributed by atoms with Crippen molar-refractivity contribution in [1.29, 1.82) is 0 Å². The molecule has 2 heterocycles. The SMILES string of the molecule is COC(=O)c1c(-c2c(Cl)cccc2Cl)noc1Nc1cnc2ccccc2n1. The van der Waals surface area contributed by atoms with E-state index >= 15 is 0 Å². The van der Waals surface area contributed by atoms with Crippen LogP contribution in [0.1, 0.15) is 10.4 Å². The molecule has 0 unspecified atom stereocenters. The topological polar surface area (TPSA) is 90.1 Å². The minimum absolute atomic E-state index is 0.0439. The Balaban J connectivity index is 1.81. The maximum absolute atomic E-state index is 12.4. The van der Waals surface area contributed by atoms with Gasteiger partial charge in [-0.05, 0) is 24.3 Å². The quantitative estimate of drug-likeness (QED) is 0.463. The molecule has 0 spiro atoms. The van der Waals surface area contributed by atoms with Crippen molar-refractivity contribution in [3.8, 4) is 11.3 Å². The molecule has 2 aromatic heterocycles. The Morgan fingerprint density at radius 1 is 1.07 bits per heavy atom. The lowest BCUT2D eigenvalue weighted by molar-refractivity contribution is 0.0602. The van der Waals surface area contributed by atoms with Crippen LogP contribution < -0.4 is 5.32 Å². The second-order valence-electron chi connectivity index (χ2n) is 5.69. The number of carbonyl (C=O) groups is 1. The lowest BCUT2D eigenvalue weighted by atomic mass is 10.1. The highest BCUT2D eigenvalue weighted by atomic mass is 35.5.